The summed E-state index contributed by atoms with van der Waals surface area (Å²) in [6.07, 6.45) is 6.36. The van der Waals surface area contributed by atoms with Gasteiger partial charge >= 0.3 is 0 Å². The zero-order valence-corrected chi connectivity index (χ0v) is 12.3. The molecular weight excluding hydrogens is 238 g/mol. The highest BCUT2D eigenvalue weighted by Crippen LogP contribution is 2.24. The van der Waals surface area contributed by atoms with Crippen LogP contribution in [0.2, 0.25) is 0 Å². The van der Waals surface area contributed by atoms with Crippen molar-refractivity contribution >= 4 is 5.95 Å². The van der Waals surface area contributed by atoms with E-state index in [2.05, 4.69) is 22.2 Å². The molecule has 0 aromatic carbocycles. The van der Waals surface area contributed by atoms with Crippen LogP contribution in [0.4, 0.5) is 5.95 Å². The van der Waals surface area contributed by atoms with E-state index in [-0.39, 0.29) is 0 Å². The minimum absolute atomic E-state index is 0.501. The van der Waals surface area contributed by atoms with Crippen molar-refractivity contribution in [1.82, 2.24) is 9.97 Å². The van der Waals surface area contributed by atoms with Crippen molar-refractivity contribution in [3.63, 3.8) is 0 Å². The molecule has 4 nitrogen and oxygen atoms in total. The molecule has 1 aliphatic carbocycles. The fraction of sp³-hybridized carbons (Fsp3) is 0.733. The lowest BCUT2D eigenvalue weighted by molar-refractivity contribution is 0.326. The van der Waals surface area contributed by atoms with E-state index < -0.39 is 0 Å². The molecule has 19 heavy (non-hydrogen) atoms. The van der Waals surface area contributed by atoms with Gasteiger partial charge in [-0.2, -0.15) is 4.98 Å². The molecule has 0 bridgehead atoms. The van der Waals surface area contributed by atoms with Gasteiger partial charge in [0.25, 0.3) is 0 Å². The number of aromatic nitrogens is 2. The van der Waals surface area contributed by atoms with Crippen LogP contribution < -0.4 is 10.1 Å². The van der Waals surface area contributed by atoms with E-state index in [1.54, 1.807) is 0 Å². The fourth-order valence-electron chi connectivity index (χ4n) is 2.64. The Kier molecular flexibility index (Phi) is 5.00. The third-order valence-corrected chi connectivity index (χ3v) is 3.71. The van der Waals surface area contributed by atoms with Crippen LogP contribution in [0.1, 0.15) is 51.6 Å². The molecule has 1 aliphatic rings. The number of hydrogen-bond acceptors (Lipinski definition) is 4. The minimum Gasteiger partial charge on any atom is -0.478 e. The van der Waals surface area contributed by atoms with Crippen molar-refractivity contribution in [2.45, 2.75) is 58.9 Å². The van der Waals surface area contributed by atoms with Crippen LogP contribution >= 0.6 is 0 Å². The standard InChI is InChI=1S/C15H25N3O/c1-4-19-14-10-12(3)16-15(18-14)17-13-7-5-6-11(2)8-9-13/h10-11,13H,4-9H2,1-3H3,(H,16,17,18). The van der Waals surface area contributed by atoms with Crippen molar-refractivity contribution < 1.29 is 4.74 Å². The van der Waals surface area contributed by atoms with Crippen molar-refractivity contribution in [1.29, 1.82) is 0 Å². The molecule has 0 spiro atoms. The lowest BCUT2D eigenvalue weighted by atomic mass is 10.0. The van der Waals surface area contributed by atoms with Crippen LogP contribution in [0.25, 0.3) is 0 Å². The SMILES string of the molecule is CCOc1cc(C)nc(NC2CCCC(C)CC2)n1. The molecule has 1 fully saturated rings. The Bertz CT molecular complexity index is 408. The monoisotopic (exact) mass is 263 g/mol. The van der Waals surface area contributed by atoms with E-state index in [1.807, 2.05) is 19.9 Å². The van der Waals surface area contributed by atoms with E-state index in [4.69, 9.17) is 4.74 Å². The van der Waals surface area contributed by atoms with Crippen LogP contribution in [-0.4, -0.2) is 22.6 Å². The Hall–Kier alpha value is -1.32. The predicted octanol–water partition coefficient (Wildman–Crippen LogP) is 3.56. The molecule has 1 aromatic rings. The predicted molar refractivity (Wildman–Crippen MR) is 77.6 cm³/mol. The first kappa shape index (κ1) is 14.1. The molecule has 0 aliphatic heterocycles. The first-order valence-corrected chi connectivity index (χ1v) is 7.42. The molecule has 1 saturated carbocycles. The summed E-state index contributed by atoms with van der Waals surface area (Å²) in [7, 11) is 0. The van der Waals surface area contributed by atoms with Gasteiger partial charge in [0.15, 0.2) is 0 Å². The zero-order valence-electron chi connectivity index (χ0n) is 12.3. The van der Waals surface area contributed by atoms with Gasteiger partial charge in [-0.1, -0.05) is 19.8 Å². The molecule has 106 valence electrons. The van der Waals surface area contributed by atoms with Gasteiger partial charge in [0.05, 0.1) is 6.61 Å². The quantitative estimate of drug-likeness (QED) is 0.844. The average Bonchev–Trinajstić information content (AvgIpc) is 2.54. The van der Waals surface area contributed by atoms with Crippen molar-refractivity contribution in [2.75, 3.05) is 11.9 Å². The Labute approximate surface area is 116 Å². The summed E-state index contributed by atoms with van der Waals surface area (Å²) in [4.78, 5) is 8.88. The Morgan fingerprint density at radius 2 is 2.11 bits per heavy atom. The molecule has 0 saturated heterocycles. The van der Waals surface area contributed by atoms with Gasteiger partial charge < -0.3 is 10.1 Å². The van der Waals surface area contributed by atoms with E-state index in [0.29, 0.717) is 24.5 Å². The molecule has 1 heterocycles. The summed E-state index contributed by atoms with van der Waals surface area (Å²) in [5, 5.41) is 3.48. The first-order chi connectivity index (χ1) is 9.17. The van der Waals surface area contributed by atoms with Gasteiger partial charge in [-0.25, -0.2) is 4.98 Å². The molecule has 1 N–H and O–H groups in total. The second kappa shape index (κ2) is 6.73. The first-order valence-electron chi connectivity index (χ1n) is 7.42. The third-order valence-electron chi connectivity index (χ3n) is 3.71. The Balaban J connectivity index is 2.01. The summed E-state index contributed by atoms with van der Waals surface area (Å²) in [6, 6.07) is 2.38. The summed E-state index contributed by atoms with van der Waals surface area (Å²) < 4.78 is 5.47. The van der Waals surface area contributed by atoms with E-state index in [1.165, 1.54) is 32.1 Å². The lowest BCUT2D eigenvalue weighted by Crippen LogP contribution is -2.20. The number of aryl methyl sites for hydroxylation is 1. The van der Waals surface area contributed by atoms with Crippen LogP contribution in [-0.2, 0) is 0 Å². The summed E-state index contributed by atoms with van der Waals surface area (Å²) in [6.45, 7) is 6.93. The number of hydrogen-bond donors (Lipinski definition) is 1. The Morgan fingerprint density at radius 3 is 2.89 bits per heavy atom. The molecule has 2 unspecified atom stereocenters. The lowest BCUT2D eigenvalue weighted by Gasteiger charge is -2.17. The number of nitrogens with one attached hydrogen (secondary N) is 1. The summed E-state index contributed by atoms with van der Waals surface area (Å²) in [5.74, 6) is 2.23. The van der Waals surface area contributed by atoms with Crippen molar-refractivity contribution in [2.24, 2.45) is 5.92 Å². The largest absolute Gasteiger partial charge is 0.478 e. The van der Waals surface area contributed by atoms with Gasteiger partial charge in [0.2, 0.25) is 11.8 Å². The maximum atomic E-state index is 5.47. The molecule has 4 heteroatoms. The molecular formula is C15H25N3O. The van der Waals surface area contributed by atoms with Crippen LogP contribution in [0.5, 0.6) is 5.88 Å². The maximum Gasteiger partial charge on any atom is 0.226 e. The van der Waals surface area contributed by atoms with Crippen LogP contribution in [0.3, 0.4) is 0 Å². The number of anilines is 1. The average molecular weight is 263 g/mol. The second-order valence-corrected chi connectivity index (χ2v) is 5.56. The van der Waals surface area contributed by atoms with Gasteiger partial charge in [-0.05, 0) is 39.0 Å². The third kappa shape index (κ3) is 4.37. The number of ether oxygens (including phenoxy) is 1. The normalized spacial score (nSPS) is 23.7. The molecule has 0 amide bonds. The van der Waals surface area contributed by atoms with E-state index >= 15 is 0 Å². The molecule has 0 radical (unpaired) electrons. The highest BCUT2D eigenvalue weighted by atomic mass is 16.5. The number of rotatable bonds is 4. The molecule has 2 rings (SSSR count). The zero-order chi connectivity index (χ0) is 13.7. The van der Waals surface area contributed by atoms with Gasteiger partial charge in [0, 0.05) is 17.8 Å². The van der Waals surface area contributed by atoms with Crippen molar-refractivity contribution in [3.05, 3.63) is 11.8 Å². The summed E-state index contributed by atoms with van der Waals surface area (Å²) in [5.41, 5.74) is 0.947. The molecule has 2 atom stereocenters. The highest BCUT2D eigenvalue weighted by Gasteiger charge is 2.17. The molecule has 1 aromatic heterocycles. The van der Waals surface area contributed by atoms with Gasteiger partial charge in [0.1, 0.15) is 0 Å². The van der Waals surface area contributed by atoms with Gasteiger partial charge in [-0.15, -0.1) is 0 Å². The number of nitrogens with zero attached hydrogens (tertiary/aromatic N) is 2. The summed E-state index contributed by atoms with van der Waals surface area (Å²) >= 11 is 0. The van der Waals surface area contributed by atoms with E-state index in [0.717, 1.165) is 11.6 Å². The fourth-order valence-corrected chi connectivity index (χ4v) is 2.64. The van der Waals surface area contributed by atoms with Crippen LogP contribution in [0.15, 0.2) is 6.07 Å². The maximum absolute atomic E-state index is 5.47. The second-order valence-electron chi connectivity index (χ2n) is 5.56. The van der Waals surface area contributed by atoms with Crippen molar-refractivity contribution in [3.8, 4) is 5.88 Å². The van der Waals surface area contributed by atoms with E-state index in [9.17, 15) is 0 Å². The highest BCUT2D eigenvalue weighted by molar-refractivity contribution is 5.31. The smallest absolute Gasteiger partial charge is 0.226 e. The minimum atomic E-state index is 0.501. The van der Waals surface area contributed by atoms with Gasteiger partial charge in [-0.3, -0.25) is 0 Å². The Morgan fingerprint density at radius 1 is 1.26 bits per heavy atom. The van der Waals surface area contributed by atoms with Crippen LogP contribution in [0, 0.1) is 12.8 Å². The topological polar surface area (TPSA) is 47.0 Å².